The van der Waals surface area contributed by atoms with Gasteiger partial charge in [-0.2, -0.15) is 13.2 Å². The zero-order valence-corrected chi connectivity index (χ0v) is 10.4. The summed E-state index contributed by atoms with van der Waals surface area (Å²) in [5.74, 6) is -0.559. The van der Waals surface area contributed by atoms with E-state index in [2.05, 4.69) is 0 Å². The van der Waals surface area contributed by atoms with Crippen LogP contribution in [0.2, 0.25) is 0 Å². The lowest BCUT2D eigenvalue weighted by Crippen LogP contribution is -2.10. The molecule has 0 saturated carbocycles. The van der Waals surface area contributed by atoms with E-state index in [1.807, 2.05) is 0 Å². The zero-order chi connectivity index (χ0) is 14.5. The Hall–Kier alpha value is -1.66. The molecular formula is C12H15F4NO2. The summed E-state index contributed by atoms with van der Waals surface area (Å²) in [6, 6.07) is 2.26. The third kappa shape index (κ3) is 5.23. The maximum Gasteiger partial charge on any atom is 0.389 e. The first kappa shape index (κ1) is 15.4. The van der Waals surface area contributed by atoms with Gasteiger partial charge in [0.1, 0.15) is 5.75 Å². The van der Waals surface area contributed by atoms with E-state index < -0.39 is 18.4 Å². The summed E-state index contributed by atoms with van der Waals surface area (Å²) in [6.45, 7) is 1.79. The highest BCUT2D eigenvalue weighted by molar-refractivity contribution is 5.56. The standard InChI is InChI=1S/C12H15F4NO2/c1-2-18-10-7-11(9(17)6-8(10)13)19-5-3-4-12(14,15)16/h6-7H,2-5,17H2,1H3. The molecule has 1 aromatic carbocycles. The predicted molar refractivity (Wildman–Crippen MR) is 62.8 cm³/mol. The van der Waals surface area contributed by atoms with Crippen molar-refractivity contribution in [2.45, 2.75) is 25.9 Å². The lowest BCUT2D eigenvalue weighted by Gasteiger charge is -2.12. The quantitative estimate of drug-likeness (QED) is 0.493. The topological polar surface area (TPSA) is 44.5 Å². The highest BCUT2D eigenvalue weighted by atomic mass is 19.4. The number of rotatable bonds is 6. The Morgan fingerprint density at radius 2 is 1.84 bits per heavy atom. The predicted octanol–water partition coefficient (Wildman–Crippen LogP) is 3.53. The fourth-order valence-electron chi connectivity index (χ4n) is 1.40. The largest absolute Gasteiger partial charge is 0.491 e. The van der Waals surface area contributed by atoms with Crippen LogP contribution in [0.25, 0.3) is 0 Å². The number of anilines is 1. The Kier molecular flexibility index (Phi) is 5.26. The van der Waals surface area contributed by atoms with Crippen LogP contribution < -0.4 is 15.2 Å². The number of nitrogen functional groups attached to an aromatic ring is 1. The summed E-state index contributed by atoms with van der Waals surface area (Å²) in [6.07, 6.45) is -5.34. The van der Waals surface area contributed by atoms with Gasteiger partial charge in [0.05, 0.1) is 18.9 Å². The molecule has 1 rings (SSSR count). The van der Waals surface area contributed by atoms with Crippen LogP contribution in [-0.2, 0) is 0 Å². The van der Waals surface area contributed by atoms with Gasteiger partial charge in [0.15, 0.2) is 11.6 Å². The summed E-state index contributed by atoms with van der Waals surface area (Å²) < 4.78 is 59.2. The van der Waals surface area contributed by atoms with Crippen molar-refractivity contribution in [1.29, 1.82) is 0 Å². The van der Waals surface area contributed by atoms with Gasteiger partial charge >= 0.3 is 6.18 Å². The van der Waals surface area contributed by atoms with Gasteiger partial charge < -0.3 is 15.2 Å². The Labute approximate surface area is 108 Å². The molecule has 0 aromatic heterocycles. The van der Waals surface area contributed by atoms with Crippen LogP contribution in [0.4, 0.5) is 23.2 Å². The second-order valence-corrected chi connectivity index (χ2v) is 3.82. The van der Waals surface area contributed by atoms with Crippen LogP contribution in [0, 0.1) is 5.82 Å². The number of halogens is 4. The average molecular weight is 281 g/mol. The summed E-state index contributed by atoms with van der Waals surface area (Å²) in [5.41, 5.74) is 5.53. The fourth-order valence-corrected chi connectivity index (χ4v) is 1.40. The van der Waals surface area contributed by atoms with Crippen LogP contribution in [0.15, 0.2) is 12.1 Å². The first-order valence-corrected chi connectivity index (χ1v) is 5.75. The molecule has 2 N–H and O–H groups in total. The Bertz CT molecular complexity index is 421. The van der Waals surface area contributed by atoms with Gasteiger partial charge in [0.2, 0.25) is 0 Å². The first-order chi connectivity index (χ1) is 8.83. The molecular weight excluding hydrogens is 266 g/mol. The Morgan fingerprint density at radius 3 is 2.42 bits per heavy atom. The minimum atomic E-state index is -4.21. The summed E-state index contributed by atoms with van der Waals surface area (Å²) in [4.78, 5) is 0. The lowest BCUT2D eigenvalue weighted by molar-refractivity contribution is -0.136. The first-order valence-electron chi connectivity index (χ1n) is 5.75. The van der Waals surface area contributed by atoms with Crippen molar-refractivity contribution in [3.8, 4) is 11.5 Å². The van der Waals surface area contributed by atoms with Gasteiger partial charge in [0, 0.05) is 18.6 Å². The molecule has 108 valence electrons. The number of hydrogen-bond acceptors (Lipinski definition) is 3. The minimum Gasteiger partial charge on any atom is -0.491 e. The van der Waals surface area contributed by atoms with Crippen LogP contribution >= 0.6 is 0 Å². The minimum absolute atomic E-state index is 0.0213. The Morgan fingerprint density at radius 1 is 1.16 bits per heavy atom. The number of hydrogen-bond donors (Lipinski definition) is 1. The molecule has 1 aromatic rings. The van der Waals surface area contributed by atoms with E-state index in [1.54, 1.807) is 6.92 Å². The van der Waals surface area contributed by atoms with E-state index in [0.717, 1.165) is 6.07 Å². The second kappa shape index (κ2) is 6.49. The maximum absolute atomic E-state index is 13.4. The smallest absolute Gasteiger partial charge is 0.389 e. The van der Waals surface area contributed by atoms with Crippen LogP contribution in [0.3, 0.4) is 0 Å². The lowest BCUT2D eigenvalue weighted by atomic mass is 10.2. The number of nitrogens with two attached hydrogens (primary N) is 1. The van der Waals surface area contributed by atoms with E-state index in [9.17, 15) is 17.6 Å². The van der Waals surface area contributed by atoms with Gasteiger partial charge in [0.25, 0.3) is 0 Å². The number of ether oxygens (including phenoxy) is 2. The van der Waals surface area contributed by atoms with Crippen molar-refractivity contribution in [2.75, 3.05) is 18.9 Å². The molecule has 0 amide bonds. The molecule has 0 atom stereocenters. The van der Waals surface area contributed by atoms with E-state index in [1.165, 1.54) is 6.07 Å². The molecule has 7 heteroatoms. The van der Waals surface area contributed by atoms with Crippen molar-refractivity contribution >= 4 is 5.69 Å². The average Bonchev–Trinajstić information content (AvgIpc) is 2.28. The van der Waals surface area contributed by atoms with Gasteiger partial charge in [-0.15, -0.1) is 0 Å². The summed E-state index contributed by atoms with van der Waals surface area (Å²) in [5, 5.41) is 0. The van der Waals surface area contributed by atoms with Gasteiger partial charge in [-0.3, -0.25) is 0 Å². The molecule has 0 saturated heterocycles. The SMILES string of the molecule is CCOc1cc(OCCCC(F)(F)F)c(N)cc1F. The van der Waals surface area contributed by atoms with Gasteiger partial charge in [-0.1, -0.05) is 0 Å². The van der Waals surface area contributed by atoms with Gasteiger partial charge in [-0.05, 0) is 13.3 Å². The number of alkyl halides is 3. The molecule has 0 spiro atoms. The van der Waals surface area contributed by atoms with E-state index in [0.29, 0.717) is 0 Å². The fraction of sp³-hybridized carbons (Fsp3) is 0.500. The highest BCUT2D eigenvalue weighted by Crippen LogP contribution is 2.30. The number of benzene rings is 1. The molecule has 0 heterocycles. The van der Waals surface area contributed by atoms with Crippen molar-refractivity contribution in [3.63, 3.8) is 0 Å². The third-order valence-corrected chi connectivity index (χ3v) is 2.23. The summed E-state index contributed by atoms with van der Waals surface area (Å²) >= 11 is 0. The van der Waals surface area contributed by atoms with E-state index in [4.69, 9.17) is 15.2 Å². The highest BCUT2D eigenvalue weighted by Gasteiger charge is 2.26. The molecule has 0 aliphatic heterocycles. The molecule has 0 radical (unpaired) electrons. The van der Waals surface area contributed by atoms with Crippen LogP contribution in [0.5, 0.6) is 11.5 Å². The van der Waals surface area contributed by atoms with Gasteiger partial charge in [-0.25, -0.2) is 4.39 Å². The molecule has 19 heavy (non-hydrogen) atoms. The monoisotopic (exact) mass is 281 g/mol. The maximum atomic E-state index is 13.4. The second-order valence-electron chi connectivity index (χ2n) is 3.82. The van der Waals surface area contributed by atoms with Crippen molar-refractivity contribution in [3.05, 3.63) is 17.9 Å². The normalized spacial score (nSPS) is 11.4. The molecule has 0 fully saturated rings. The Balaban J connectivity index is 2.60. The van der Waals surface area contributed by atoms with Crippen molar-refractivity contribution < 1.29 is 27.0 Å². The molecule has 0 unspecified atom stereocenters. The molecule has 0 aliphatic carbocycles. The molecule has 0 aliphatic rings. The van der Waals surface area contributed by atoms with Crippen molar-refractivity contribution in [1.82, 2.24) is 0 Å². The molecule has 0 bridgehead atoms. The third-order valence-electron chi connectivity index (χ3n) is 2.23. The zero-order valence-electron chi connectivity index (χ0n) is 10.4. The molecule has 3 nitrogen and oxygen atoms in total. The van der Waals surface area contributed by atoms with Crippen molar-refractivity contribution in [2.24, 2.45) is 0 Å². The van der Waals surface area contributed by atoms with E-state index >= 15 is 0 Å². The van der Waals surface area contributed by atoms with E-state index in [-0.39, 0.29) is 36.8 Å². The summed E-state index contributed by atoms with van der Waals surface area (Å²) in [7, 11) is 0. The van der Waals surface area contributed by atoms with Crippen LogP contribution in [-0.4, -0.2) is 19.4 Å². The van der Waals surface area contributed by atoms with Crippen LogP contribution in [0.1, 0.15) is 19.8 Å².